The van der Waals surface area contributed by atoms with Crippen molar-refractivity contribution in [3.8, 4) is 0 Å². The van der Waals surface area contributed by atoms with Gasteiger partial charge in [0.15, 0.2) is 0 Å². The molecule has 0 saturated carbocycles. The fraction of sp³-hybridized carbons (Fsp3) is 0.375. The van der Waals surface area contributed by atoms with Crippen LogP contribution in [0.3, 0.4) is 0 Å². The van der Waals surface area contributed by atoms with Gasteiger partial charge in [0.05, 0.1) is 0 Å². The Bertz CT molecular complexity index is 285. The van der Waals surface area contributed by atoms with E-state index in [0.29, 0.717) is 5.46 Å². The summed E-state index contributed by atoms with van der Waals surface area (Å²) in [4.78, 5) is 6.27. The smallest absolute Gasteiger partial charge is 0.423 e. The van der Waals surface area contributed by atoms with Gasteiger partial charge in [-0.1, -0.05) is 6.07 Å². The van der Waals surface area contributed by atoms with E-state index in [1.807, 2.05) is 6.07 Å². The van der Waals surface area contributed by atoms with Gasteiger partial charge in [-0.3, -0.25) is 0 Å². The van der Waals surface area contributed by atoms with Crippen molar-refractivity contribution in [3.05, 3.63) is 18.3 Å². The minimum absolute atomic E-state index is 0.435. The van der Waals surface area contributed by atoms with Crippen molar-refractivity contribution in [1.82, 2.24) is 4.98 Å². The first kappa shape index (κ1) is 8.53. The van der Waals surface area contributed by atoms with Crippen molar-refractivity contribution in [1.29, 1.82) is 0 Å². The van der Waals surface area contributed by atoms with Gasteiger partial charge in [0.2, 0.25) is 0 Å². The molecule has 5 heteroatoms. The maximum Gasteiger partial charge on any atom is 0.490 e. The summed E-state index contributed by atoms with van der Waals surface area (Å²) in [5.41, 5.74) is 0.435. The molecule has 2 heterocycles. The molecule has 0 amide bonds. The third kappa shape index (κ3) is 1.66. The van der Waals surface area contributed by atoms with Crippen LogP contribution in [0.5, 0.6) is 0 Å². The van der Waals surface area contributed by atoms with Crippen LogP contribution in [0.4, 0.5) is 5.82 Å². The Kier molecular flexibility index (Phi) is 2.20. The Balaban J connectivity index is 2.13. The minimum Gasteiger partial charge on any atom is -0.423 e. The molecular weight excluding hydrogens is 167 g/mol. The highest BCUT2D eigenvalue weighted by molar-refractivity contribution is 6.58. The Hall–Kier alpha value is -1.07. The molecular formula is C8H11BN2O2. The van der Waals surface area contributed by atoms with Crippen LogP contribution in [0, 0.1) is 0 Å². The summed E-state index contributed by atoms with van der Waals surface area (Å²) in [6, 6.07) is 3.50. The average Bonchev–Trinajstić information content (AvgIpc) is 2.02. The largest absolute Gasteiger partial charge is 0.490 e. The van der Waals surface area contributed by atoms with E-state index in [1.54, 1.807) is 6.07 Å². The molecule has 4 nitrogen and oxygen atoms in total. The summed E-state index contributed by atoms with van der Waals surface area (Å²) in [6.45, 7) is 2.10. The number of hydrogen-bond acceptors (Lipinski definition) is 4. The van der Waals surface area contributed by atoms with Gasteiger partial charge in [-0.2, -0.15) is 0 Å². The minimum atomic E-state index is -1.42. The second-order valence-electron chi connectivity index (χ2n) is 3.16. The van der Waals surface area contributed by atoms with E-state index < -0.39 is 7.12 Å². The van der Waals surface area contributed by atoms with Crippen LogP contribution >= 0.6 is 0 Å². The molecule has 68 valence electrons. The summed E-state index contributed by atoms with van der Waals surface area (Å²) in [5.74, 6) is 0.913. The molecule has 0 atom stereocenters. The van der Waals surface area contributed by atoms with Gasteiger partial charge in [-0.25, -0.2) is 4.98 Å². The van der Waals surface area contributed by atoms with Gasteiger partial charge in [-0.05, 0) is 12.5 Å². The molecule has 2 N–H and O–H groups in total. The summed E-state index contributed by atoms with van der Waals surface area (Å²) in [5, 5.41) is 17.7. The van der Waals surface area contributed by atoms with Crippen LogP contribution in [0.25, 0.3) is 0 Å². The summed E-state index contributed by atoms with van der Waals surface area (Å²) >= 11 is 0. The second kappa shape index (κ2) is 3.36. The zero-order valence-corrected chi connectivity index (χ0v) is 7.22. The molecule has 0 unspecified atom stereocenters. The first-order valence-corrected chi connectivity index (χ1v) is 4.34. The Morgan fingerprint density at radius 1 is 1.31 bits per heavy atom. The summed E-state index contributed by atoms with van der Waals surface area (Å²) in [6.07, 6.45) is 2.71. The summed E-state index contributed by atoms with van der Waals surface area (Å²) < 4.78 is 0. The highest BCUT2D eigenvalue weighted by Crippen LogP contribution is 2.15. The van der Waals surface area contributed by atoms with Crippen molar-refractivity contribution in [2.45, 2.75) is 6.42 Å². The highest BCUT2D eigenvalue weighted by Gasteiger charge is 2.16. The first-order chi connectivity index (χ1) is 6.27. The predicted molar refractivity (Wildman–Crippen MR) is 50.9 cm³/mol. The number of pyridine rings is 1. The lowest BCUT2D eigenvalue weighted by atomic mass is 9.82. The van der Waals surface area contributed by atoms with Gasteiger partial charge in [0, 0.05) is 24.7 Å². The molecule has 0 aromatic carbocycles. The van der Waals surface area contributed by atoms with Crippen LogP contribution in [0.2, 0.25) is 0 Å². The van der Waals surface area contributed by atoms with Crippen molar-refractivity contribution < 1.29 is 10.0 Å². The Morgan fingerprint density at radius 3 is 2.46 bits per heavy atom. The number of rotatable bonds is 2. The molecule has 2 rings (SSSR count). The van der Waals surface area contributed by atoms with Crippen molar-refractivity contribution in [3.63, 3.8) is 0 Å². The van der Waals surface area contributed by atoms with Crippen molar-refractivity contribution in [2.75, 3.05) is 18.0 Å². The third-order valence-corrected chi connectivity index (χ3v) is 2.25. The van der Waals surface area contributed by atoms with E-state index in [2.05, 4.69) is 9.88 Å². The highest BCUT2D eigenvalue weighted by atomic mass is 16.4. The molecule has 1 aromatic heterocycles. The van der Waals surface area contributed by atoms with Gasteiger partial charge in [0.25, 0.3) is 0 Å². The van der Waals surface area contributed by atoms with Crippen molar-refractivity contribution >= 4 is 18.4 Å². The second-order valence-corrected chi connectivity index (χ2v) is 3.16. The Labute approximate surface area is 77.0 Å². The number of anilines is 1. The van der Waals surface area contributed by atoms with Gasteiger partial charge >= 0.3 is 7.12 Å². The molecule has 0 bridgehead atoms. The van der Waals surface area contributed by atoms with E-state index in [-0.39, 0.29) is 0 Å². The quantitative estimate of drug-likeness (QED) is 0.568. The molecule has 0 radical (unpaired) electrons. The average molecular weight is 178 g/mol. The molecule has 0 aliphatic carbocycles. The van der Waals surface area contributed by atoms with Crippen LogP contribution < -0.4 is 10.4 Å². The zero-order valence-electron chi connectivity index (χ0n) is 7.22. The van der Waals surface area contributed by atoms with E-state index in [9.17, 15) is 0 Å². The molecule has 1 aromatic rings. The lowest BCUT2D eigenvalue weighted by Crippen LogP contribution is -2.38. The SMILES string of the molecule is OB(O)c1ccc(N2CCC2)nc1. The number of hydrogen-bond donors (Lipinski definition) is 2. The van der Waals surface area contributed by atoms with Crippen LogP contribution in [-0.2, 0) is 0 Å². The van der Waals surface area contributed by atoms with E-state index in [4.69, 9.17) is 10.0 Å². The van der Waals surface area contributed by atoms with E-state index in [0.717, 1.165) is 18.9 Å². The number of aromatic nitrogens is 1. The van der Waals surface area contributed by atoms with Gasteiger partial charge in [-0.15, -0.1) is 0 Å². The van der Waals surface area contributed by atoms with Gasteiger partial charge in [0.1, 0.15) is 5.82 Å². The molecule has 0 spiro atoms. The van der Waals surface area contributed by atoms with Crippen LogP contribution in [0.1, 0.15) is 6.42 Å². The van der Waals surface area contributed by atoms with Crippen LogP contribution in [0.15, 0.2) is 18.3 Å². The Morgan fingerprint density at radius 2 is 2.08 bits per heavy atom. The number of nitrogens with zero attached hydrogens (tertiary/aromatic N) is 2. The third-order valence-electron chi connectivity index (χ3n) is 2.25. The van der Waals surface area contributed by atoms with E-state index in [1.165, 1.54) is 12.6 Å². The standard InChI is InChI=1S/C8H11BN2O2/c12-9(13)7-2-3-8(10-6-7)11-4-1-5-11/h2-3,6,12-13H,1,4-5H2. The van der Waals surface area contributed by atoms with Crippen molar-refractivity contribution in [2.24, 2.45) is 0 Å². The zero-order chi connectivity index (χ0) is 9.26. The lowest BCUT2D eigenvalue weighted by Gasteiger charge is -2.31. The fourth-order valence-corrected chi connectivity index (χ4v) is 1.28. The molecule has 1 aliphatic heterocycles. The first-order valence-electron chi connectivity index (χ1n) is 4.34. The fourth-order valence-electron chi connectivity index (χ4n) is 1.28. The molecule has 13 heavy (non-hydrogen) atoms. The predicted octanol–water partition coefficient (Wildman–Crippen LogP) is -1.03. The van der Waals surface area contributed by atoms with E-state index >= 15 is 0 Å². The lowest BCUT2D eigenvalue weighted by molar-refractivity contribution is 0.425. The topological polar surface area (TPSA) is 56.6 Å². The monoisotopic (exact) mass is 178 g/mol. The molecule has 1 fully saturated rings. The summed E-state index contributed by atoms with van der Waals surface area (Å²) in [7, 11) is -1.42. The molecule has 1 aliphatic rings. The maximum atomic E-state index is 8.83. The normalized spacial score (nSPS) is 15.4. The van der Waals surface area contributed by atoms with Crippen LogP contribution in [-0.4, -0.2) is 35.2 Å². The van der Waals surface area contributed by atoms with Gasteiger partial charge < -0.3 is 14.9 Å². The molecule has 1 saturated heterocycles. The maximum absolute atomic E-state index is 8.83.